The molecule has 18 heavy (non-hydrogen) atoms. The Morgan fingerprint density at radius 3 is 2.56 bits per heavy atom. The molecule has 2 aliphatic heterocycles. The molecule has 102 valence electrons. The molecule has 3 N–H and O–H groups in total. The number of carbonyl (C=O) groups is 1. The van der Waals surface area contributed by atoms with E-state index in [2.05, 4.69) is 25.8 Å². The number of amidine groups is 1. The van der Waals surface area contributed by atoms with Gasteiger partial charge in [-0.05, 0) is 20.8 Å². The molecule has 2 rings (SSSR count). The number of hydrogen-bond donors (Lipinski definition) is 3. The lowest BCUT2D eigenvalue weighted by Gasteiger charge is -2.36. The van der Waals surface area contributed by atoms with Crippen molar-refractivity contribution in [3.05, 3.63) is 0 Å². The van der Waals surface area contributed by atoms with Crippen molar-refractivity contribution in [1.82, 2.24) is 4.90 Å². The summed E-state index contributed by atoms with van der Waals surface area (Å²) < 4.78 is -1.15. The smallest absolute Gasteiger partial charge is 0.254 e. The molecular weight excluding hydrogens is 254 g/mol. The van der Waals surface area contributed by atoms with Gasteiger partial charge in [0.2, 0.25) is 0 Å². The third-order valence-corrected chi connectivity index (χ3v) is 4.83. The van der Waals surface area contributed by atoms with Gasteiger partial charge in [0.1, 0.15) is 4.75 Å². The van der Waals surface area contributed by atoms with Crippen molar-refractivity contribution >= 4 is 22.8 Å². The Labute approximate surface area is 111 Å². The van der Waals surface area contributed by atoms with Crippen LogP contribution in [0.4, 0.5) is 0 Å². The van der Waals surface area contributed by atoms with Crippen molar-refractivity contribution in [3.8, 4) is 0 Å². The molecule has 1 unspecified atom stereocenters. The first-order valence-electron chi connectivity index (χ1n) is 5.96. The Bertz CT molecular complexity index is 387. The van der Waals surface area contributed by atoms with Crippen molar-refractivity contribution in [1.29, 1.82) is 0 Å². The summed E-state index contributed by atoms with van der Waals surface area (Å²) in [4.78, 5) is 19.5. The maximum atomic E-state index is 12.3. The lowest BCUT2D eigenvalue weighted by molar-refractivity contribution is -0.954. The van der Waals surface area contributed by atoms with Gasteiger partial charge in [-0.2, -0.15) is 0 Å². The predicted molar refractivity (Wildman–Crippen MR) is 69.2 cm³/mol. The van der Waals surface area contributed by atoms with Crippen molar-refractivity contribution in [2.45, 2.75) is 31.1 Å². The largest absolute Gasteiger partial charge is 0.394 e. The van der Waals surface area contributed by atoms with Crippen LogP contribution in [0.15, 0.2) is 4.99 Å². The van der Waals surface area contributed by atoms with Crippen LogP contribution in [0.2, 0.25) is 0 Å². The van der Waals surface area contributed by atoms with Crippen LogP contribution in [0.1, 0.15) is 20.8 Å². The molecule has 0 aromatic rings. The molecule has 0 spiro atoms. The first-order chi connectivity index (χ1) is 8.34. The summed E-state index contributed by atoms with van der Waals surface area (Å²) in [7, 11) is 0. The minimum Gasteiger partial charge on any atom is -0.394 e. The number of aliphatic imine (C=N–C) groups is 1. The van der Waals surface area contributed by atoms with E-state index < -0.39 is 4.75 Å². The number of carbonyl (C=O) groups excluding carboxylic acids is 1. The molecule has 0 aromatic carbocycles. The van der Waals surface area contributed by atoms with Gasteiger partial charge in [-0.25, -0.2) is 9.89 Å². The summed E-state index contributed by atoms with van der Waals surface area (Å²) >= 11 is 1.18. The first-order valence-corrected chi connectivity index (χ1v) is 6.78. The van der Waals surface area contributed by atoms with Crippen LogP contribution in [-0.4, -0.2) is 63.0 Å². The molecule has 0 aromatic heterocycles. The maximum absolute atomic E-state index is 12.3. The van der Waals surface area contributed by atoms with E-state index in [1.54, 1.807) is 4.90 Å². The Kier molecular flexibility index (Phi) is 3.44. The quantitative estimate of drug-likeness (QED) is 0.558. The van der Waals surface area contributed by atoms with Crippen molar-refractivity contribution in [3.63, 3.8) is 0 Å². The highest BCUT2D eigenvalue weighted by Gasteiger charge is 2.53. The second kappa shape index (κ2) is 4.48. The molecule has 1 saturated heterocycles. The van der Waals surface area contributed by atoms with Gasteiger partial charge in [-0.15, -0.1) is 0 Å². The van der Waals surface area contributed by atoms with Crippen LogP contribution in [-0.2, 0) is 4.79 Å². The number of nitrogens with zero attached hydrogens (tertiary/aromatic N) is 2. The number of fused-ring (bicyclic) bond motifs is 1. The summed E-state index contributed by atoms with van der Waals surface area (Å²) in [6, 6.07) is 0. The van der Waals surface area contributed by atoms with Crippen LogP contribution < -0.4 is 4.90 Å². The highest BCUT2D eigenvalue weighted by atomic mass is 32.2. The van der Waals surface area contributed by atoms with E-state index in [0.717, 1.165) is 0 Å². The number of hydrogen-bond acceptors (Lipinski definition) is 5. The SMILES string of the molecule is CC(C)(C)[NH+]1CN=C2SC(CO)(CO)C(=O)N2C1. The molecule has 0 saturated carbocycles. The van der Waals surface area contributed by atoms with Crippen molar-refractivity contribution < 1.29 is 19.9 Å². The normalized spacial score (nSPS) is 27.2. The molecular formula is C11H20N3O3S+. The number of thioether (sulfide) groups is 1. The van der Waals surface area contributed by atoms with E-state index >= 15 is 0 Å². The van der Waals surface area contributed by atoms with Gasteiger partial charge in [-0.1, -0.05) is 11.8 Å². The lowest BCUT2D eigenvalue weighted by atomic mass is 10.1. The topological polar surface area (TPSA) is 77.6 Å². The zero-order valence-corrected chi connectivity index (χ0v) is 11.8. The highest BCUT2D eigenvalue weighted by molar-refractivity contribution is 8.16. The number of aliphatic hydroxyl groups excluding tert-OH is 2. The summed E-state index contributed by atoms with van der Waals surface area (Å²) in [6.45, 7) is 6.71. The van der Waals surface area contributed by atoms with Gasteiger partial charge in [0.15, 0.2) is 18.5 Å². The number of nitrogens with one attached hydrogen (secondary N) is 1. The Balaban J connectivity index is 2.24. The second-order valence-electron chi connectivity index (χ2n) is 5.76. The van der Waals surface area contributed by atoms with E-state index in [1.165, 1.54) is 16.7 Å². The van der Waals surface area contributed by atoms with Gasteiger partial charge in [0.25, 0.3) is 5.91 Å². The fraction of sp³-hybridized carbons (Fsp3) is 0.818. The molecule has 0 aliphatic carbocycles. The fourth-order valence-corrected chi connectivity index (χ4v) is 3.05. The summed E-state index contributed by atoms with van der Waals surface area (Å²) in [6.07, 6.45) is 0. The molecule has 2 heterocycles. The highest BCUT2D eigenvalue weighted by Crippen LogP contribution is 2.37. The molecule has 1 atom stereocenters. The first kappa shape index (κ1) is 13.8. The van der Waals surface area contributed by atoms with E-state index in [1.807, 2.05) is 0 Å². The fourth-order valence-electron chi connectivity index (χ4n) is 1.99. The van der Waals surface area contributed by atoms with Crippen molar-refractivity contribution in [2.75, 3.05) is 26.6 Å². The second-order valence-corrected chi connectivity index (χ2v) is 7.11. The van der Waals surface area contributed by atoms with E-state index in [4.69, 9.17) is 0 Å². The molecule has 1 fully saturated rings. The summed E-state index contributed by atoms with van der Waals surface area (Å²) in [5.41, 5.74) is 0.00363. The summed E-state index contributed by atoms with van der Waals surface area (Å²) in [5.74, 6) is -0.238. The monoisotopic (exact) mass is 274 g/mol. The van der Waals surface area contributed by atoms with Gasteiger partial charge >= 0.3 is 0 Å². The van der Waals surface area contributed by atoms with Crippen LogP contribution in [0.3, 0.4) is 0 Å². The van der Waals surface area contributed by atoms with Gasteiger partial charge < -0.3 is 10.2 Å². The standard InChI is InChI=1S/C11H19N3O3S/c1-10(2,3)13-6-12-9-14(7-13)8(17)11(4-15,5-16)18-9/h15-16H,4-7H2,1-3H3/p+1. The van der Waals surface area contributed by atoms with Crippen LogP contribution in [0, 0.1) is 0 Å². The van der Waals surface area contributed by atoms with Gasteiger partial charge in [0, 0.05) is 0 Å². The number of rotatable bonds is 2. The molecule has 1 amide bonds. The predicted octanol–water partition coefficient (Wildman–Crippen LogP) is -1.75. The van der Waals surface area contributed by atoms with Gasteiger partial charge in [-0.3, -0.25) is 9.69 Å². The summed E-state index contributed by atoms with van der Waals surface area (Å²) in [5, 5.41) is 19.4. The molecule has 0 radical (unpaired) electrons. The minimum absolute atomic E-state index is 0.00363. The third kappa shape index (κ3) is 2.05. The Morgan fingerprint density at radius 2 is 2.06 bits per heavy atom. The number of quaternary nitrogens is 1. The van der Waals surface area contributed by atoms with Crippen LogP contribution in [0.5, 0.6) is 0 Å². The molecule has 0 bridgehead atoms. The zero-order valence-electron chi connectivity index (χ0n) is 10.9. The van der Waals surface area contributed by atoms with Gasteiger partial charge in [0.05, 0.1) is 18.8 Å². The zero-order chi connectivity index (χ0) is 13.6. The number of amides is 1. The number of aliphatic hydroxyl groups is 2. The molecule has 2 aliphatic rings. The Hall–Kier alpha value is -0.630. The van der Waals surface area contributed by atoms with Crippen LogP contribution >= 0.6 is 11.8 Å². The lowest BCUT2D eigenvalue weighted by Crippen LogP contribution is -3.20. The third-order valence-electron chi connectivity index (χ3n) is 3.48. The maximum Gasteiger partial charge on any atom is 0.254 e. The average Bonchev–Trinajstić information content (AvgIpc) is 2.61. The minimum atomic E-state index is -1.15. The molecule has 6 nitrogen and oxygen atoms in total. The van der Waals surface area contributed by atoms with E-state index in [0.29, 0.717) is 18.5 Å². The van der Waals surface area contributed by atoms with E-state index in [9.17, 15) is 15.0 Å². The van der Waals surface area contributed by atoms with Crippen LogP contribution in [0.25, 0.3) is 0 Å². The average molecular weight is 274 g/mol. The molecule has 7 heteroatoms. The van der Waals surface area contributed by atoms with Crippen molar-refractivity contribution in [2.24, 2.45) is 4.99 Å². The Morgan fingerprint density at radius 1 is 1.44 bits per heavy atom. The van der Waals surface area contributed by atoms with E-state index in [-0.39, 0.29) is 24.7 Å².